The third-order valence-electron chi connectivity index (χ3n) is 4.26. The molecule has 0 saturated heterocycles. The van der Waals surface area contributed by atoms with Crippen LogP contribution in [0.3, 0.4) is 0 Å². The summed E-state index contributed by atoms with van der Waals surface area (Å²) in [6, 6.07) is 21.9. The zero-order valence-electron chi connectivity index (χ0n) is 15.8. The number of carbonyl (C=O) groups is 1. The Kier molecular flexibility index (Phi) is 6.07. The van der Waals surface area contributed by atoms with E-state index >= 15 is 0 Å². The first-order valence-corrected chi connectivity index (χ1v) is 8.94. The van der Waals surface area contributed by atoms with Crippen molar-refractivity contribution in [1.82, 2.24) is 5.43 Å². The van der Waals surface area contributed by atoms with Crippen LogP contribution in [0.2, 0.25) is 0 Å². The lowest BCUT2D eigenvalue weighted by molar-refractivity contribution is 0.0954. The van der Waals surface area contributed by atoms with Crippen molar-refractivity contribution >= 4 is 11.6 Å². The molecule has 3 aromatic rings. The Hall–Kier alpha value is -3.60. The molecular weight excluding hydrogens is 352 g/mol. The molecule has 5 nitrogen and oxygen atoms in total. The molecule has 0 aliphatic heterocycles. The zero-order valence-corrected chi connectivity index (χ0v) is 15.8. The summed E-state index contributed by atoms with van der Waals surface area (Å²) in [6.45, 7) is 4.23. The molecule has 0 atom stereocenters. The van der Waals surface area contributed by atoms with Gasteiger partial charge in [0.1, 0.15) is 18.1 Å². The fourth-order valence-electron chi connectivity index (χ4n) is 2.59. The Bertz CT molecular complexity index is 977. The van der Waals surface area contributed by atoms with Crippen LogP contribution in [0.15, 0.2) is 77.9 Å². The summed E-state index contributed by atoms with van der Waals surface area (Å²) >= 11 is 0. The maximum atomic E-state index is 12.3. The Morgan fingerprint density at radius 3 is 2.36 bits per heavy atom. The summed E-state index contributed by atoms with van der Waals surface area (Å²) < 4.78 is 5.75. The molecule has 2 N–H and O–H groups in total. The van der Waals surface area contributed by atoms with Crippen molar-refractivity contribution in [2.75, 3.05) is 0 Å². The van der Waals surface area contributed by atoms with Crippen LogP contribution in [0, 0.1) is 6.92 Å². The number of nitrogens with zero attached hydrogens (tertiary/aromatic N) is 1. The van der Waals surface area contributed by atoms with Gasteiger partial charge in [-0.15, -0.1) is 0 Å². The van der Waals surface area contributed by atoms with E-state index in [-0.39, 0.29) is 11.7 Å². The van der Waals surface area contributed by atoms with E-state index in [0.717, 1.165) is 5.56 Å². The monoisotopic (exact) mass is 374 g/mol. The van der Waals surface area contributed by atoms with Gasteiger partial charge in [-0.05, 0) is 55.8 Å². The van der Waals surface area contributed by atoms with E-state index in [2.05, 4.69) is 10.5 Å². The molecule has 0 saturated carbocycles. The minimum atomic E-state index is -0.333. The molecule has 1 amide bonds. The van der Waals surface area contributed by atoms with Crippen LogP contribution in [0.5, 0.6) is 11.5 Å². The molecule has 28 heavy (non-hydrogen) atoms. The number of ether oxygens (including phenoxy) is 1. The molecular formula is C23H22N2O3. The number of hydrogen-bond donors (Lipinski definition) is 2. The molecule has 5 heteroatoms. The number of para-hydroxylation sites is 1. The lowest BCUT2D eigenvalue weighted by atomic mass is 10.1. The molecule has 0 spiro atoms. The maximum absolute atomic E-state index is 12.3. The fourth-order valence-corrected chi connectivity index (χ4v) is 2.59. The first kappa shape index (κ1) is 19.2. The first-order chi connectivity index (χ1) is 13.5. The molecule has 0 bridgehead atoms. The van der Waals surface area contributed by atoms with Gasteiger partial charge in [0.2, 0.25) is 0 Å². The Labute approximate surface area is 164 Å². The largest absolute Gasteiger partial charge is 0.507 e. The number of rotatable bonds is 6. The summed E-state index contributed by atoms with van der Waals surface area (Å²) in [4.78, 5) is 12.3. The van der Waals surface area contributed by atoms with Crippen LogP contribution in [0.25, 0.3) is 0 Å². The zero-order chi connectivity index (χ0) is 19.9. The van der Waals surface area contributed by atoms with Gasteiger partial charge in [0.25, 0.3) is 5.91 Å². The molecule has 3 aromatic carbocycles. The van der Waals surface area contributed by atoms with Gasteiger partial charge in [-0.25, -0.2) is 5.43 Å². The number of benzene rings is 3. The predicted octanol–water partition coefficient (Wildman–Crippen LogP) is 4.43. The highest BCUT2D eigenvalue weighted by Crippen LogP contribution is 2.17. The third kappa shape index (κ3) is 4.98. The number of phenols is 1. The van der Waals surface area contributed by atoms with E-state index in [9.17, 15) is 9.90 Å². The topological polar surface area (TPSA) is 70.9 Å². The van der Waals surface area contributed by atoms with E-state index < -0.39 is 0 Å². The van der Waals surface area contributed by atoms with Gasteiger partial charge >= 0.3 is 0 Å². The number of aryl methyl sites for hydroxylation is 1. The van der Waals surface area contributed by atoms with Crippen molar-refractivity contribution in [2.45, 2.75) is 20.5 Å². The molecule has 142 valence electrons. The molecule has 0 aromatic heterocycles. The van der Waals surface area contributed by atoms with Crippen LogP contribution in [0.4, 0.5) is 0 Å². The normalized spacial score (nSPS) is 11.1. The molecule has 0 heterocycles. The Morgan fingerprint density at radius 1 is 1.00 bits per heavy atom. The lowest BCUT2D eigenvalue weighted by Gasteiger charge is -2.08. The minimum Gasteiger partial charge on any atom is -0.507 e. The molecule has 0 fully saturated rings. The van der Waals surface area contributed by atoms with Gasteiger partial charge in [0, 0.05) is 11.1 Å². The van der Waals surface area contributed by atoms with Crippen molar-refractivity contribution in [3.8, 4) is 11.5 Å². The second-order valence-corrected chi connectivity index (χ2v) is 6.45. The van der Waals surface area contributed by atoms with Crippen LogP contribution in [-0.2, 0) is 6.61 Å². The molecule has 0 unspecified atom stereocenters. The van der Waals surface area contributed by atoms with E-state index in [4.69, 9.17) is 4.74 Å². The SMILES string of the molecule is C/C(=N\NC(=O)c1ccc(OCc2ccc(C)cc2)cc1)c1ccccc1O. The van der Waals surface area contributed by atoms with Crippen LogP contribution >= 0.6 is 0 Å². The fraction of sp³-hybridized carbons (Fsp3) is 0.130. The Balaban J connectivity index is 1.58. The van der Waals surface area contributed by atoms with Gasteiger partial charge in [0.05, 0.1) is 5.71 Å². The van der Waals surface area contributed by atoms with E-state index in [1.54, 1.807) is 55.5 Å². The summed E-state index contributed by atoms with van der Waals surface area (Å²) in [5.74, 6) is 0.471. The van der Waals surface area contributed by atoms with Crippen molar-refractivity contribution in [2.24, 2.45) is 5.10 Å². The van der Waals surface area contributed by atoms with Gasteiger partial charge in [-0.3, -0.25) is 4.79 Å². The highest BCUT2D eigenvalue weighted by molar-refractivity contribution is 6.02. The van der Waals surface area contributed by atoms with Gasteiger partial charge in [0.15, 0.2) is 0 Å². The number of carbonyl (C=O) groups excluding carboxylic acids is 1. The smallest absolute Gasteiger partial charge is 0.271 e. The van der Waals surface area contributed by atoms with E-state index in [1.807, 2.05) is 31.2 Å². The average Bonchev–Trinajstić information content (AvgIpc) is 2.72. The summed E-state index contributed by atoms with van der Waals surface area (Å²) in [5.41, 5.74) is 6.36. The average molecular weight is 374 g/mol. The van der Waals surface area contributed by atoms with Crippen LogP contribution in [-0.4, -0.2) is 16.7 Å². The van der Waals surface area contributed by atoms with E-state index in [1.165, 1.54) is 5.56 Å². The molecule has 0 aliphatic rings. The third-order valence-corrected chi connectivity index (χ3v) is 4.26. The minimum absolute atomic E-state index is 0.119. The number of nitrogens with one attached hydrogen (secondary N) is 1. The molecule has 0 aliphatic carbocycles. The molecule has 3 rings (SSSR count). The lowest BCUT2D eigenvalue weighted by Crippen LogP contribution is -2.19. The van der Waals surface area contributed by atoms with Crippen molar-refractivity contribution in [3.05, 3.63) is 95.1 Å². The van der Waals surface area contributed by atoms with Crippen molar-refractivity contribution in [3.63, 3.8) is 0 Å². The summed E-state index contributed by atoms with van der Waals surface area (Å²) in [5, 5.41) is 13.9. The van der Waals surface area contributed by atoms with Gasteiger partial charge in [-0.1, -0.05) is 42.0 Å². The number of amides is 1. The van der Waals surface area contributed by atoms with Crippen molar-refractivity contribution < 1.29 is 14.6 Å². The second kappa shape index (κ2) is 8.86. The number of aromatic hydroxyl groups is 1. The quantitative estimate of drug-likeness (QED) is 0.495. The van der Waals surface area contributed by atoms with Crippen LogP contribution in [0.1, 0.15) is 34.0 Å². The van der Waals surface area contributed by atoms with Crippen molar-refractivity contribution in [1.29, 1.82) is 0 Å². The standard InChI is InChI=1S/C23H22N2O3/c1-16-7-9-18(10-8-16)15-28-20-13-11-19(12-14-20)23(27)25-24-17(2)21-5-3-4-6-22(21)26/h3-14,26H,15H2,1-2H3,(H,25,27)/b24-17+. The predicted molar refractivity (Wildman–Crippen MR) is 110 cm³/mol. The summed E-state index contributed by atoms with van der Waals surface area (Å²) in [7, 11) is 0. The number of phenolic OH excluding ortho intramolecular Hbond substituents is 1. The second-order valence-electron chi connectivity index (χ2n) is 6.45. The summed E-state index contributed by atoms with van der Waals surface area (Å²) in [6.07, 6.45) is 0. The maximum Gasteiger partial charge on any atom is 0.271 e. The number of hydrogen-bond acceptors (Lipinski definition) is 4. The van der Waals surface area contributed by atoms with Crippen LogP contribution < -0.4 is 10.2 Å². The molecule has 0 radical (unpaired) electrons. The first-order valence-electron chi connectivity index (χ1n) is 8.94. The van der Waals surface area contributed by atoms with Gasteiger partial charge in [-0.2, -0.15) is 5.10 Å². The Morgan fingerprint density at radius 2 is 1.68 bits per heavy atom. The number of hydrazone groups is 1. The van der Waals surface area contributed by atoms with E-state index in [0.29, 0.717) is 29.2 Å². The van der Waals surface area contributed by atoms with Gasteiger partial charge < -0.3 is 9.84 Å². The highest BCUT2D eigenvalue weighted by atomic mass is 16.5. The highest BCUT2D eigenvalue weighted by Gasteiger charge is 2.07.